The lowest BCUT2D eigenvalue weighted by Gasteiger charge is -2.18. The highest BCUT2D eigenvalue weighted by Gasteiger charge is 2.26. The van der Waals surface area contributed by atoms with Gasteiger partial charge in [0, 0.05) is 21.6 Å². The Morgan fingerprint density at radius 2 is 1.85 bits per heavy atom. The van der Waals surface area contributed by atoms with Crippen molar-refractivity contribution in [3.8, 4) is 17.0 Å². The van der Waals surface area contributed by atoms with Crippen molar-refractivity contribution in [2.45, 2.75) is 22.4 Å². The number of thioether (sulfide) groups is 1. The van der Waals surface area contributed by atoms with Crippen LogP contribution in [0.15, 0.2) is 77.1 Å². The average Bonchev–Trinajstić information content (AvgIpc) is 3.25. The van der Waals surface area contributed by atoms with Crippen LogP contribution >= 0.6 is 23.1 Å². The summed E-state index contributed by atoms with van der Waals surface area (Å²) in [5, 5.41) is 8.75. The fourth-order valence-electron chi connectivity index (χ4n) is 4.05. The molecule has 1 aromatic heterocycles. The first kappa shape index (κ1) is 21.7. The van der Waals surface area contributed by atoms with Gasteiger partial charge in [-0.2, -0.15) is 0 Å². The maximum Gasteiger partial charge on any atom is 0.341 e. The Morgan fingerprint density at radius 1 is 1.06 bits per heavy atom. The number of aliphatic carboxylic acids is 1. The van der Waals surface area contributed by atoms with Crippen LogP contribution < -0.4 is 4.74 Å². The van der Waals surface area contributed by atoms with E-state index in [-0.39, 0.29) is 17.7 Å². The maximum atomic E-state index is 14.7. The second-order valence-corrected chi connectivity index (χ2v) is 10.1. The summed E-state index contributed by atoms with van der Waals surface area (Å²) in [5.74, 6) is -0.640. The molecule has 0 amide bonds. The summed E-state index contributed by atoms with van der Waals surface area (Å²) in [6, 6.07) is 22.5. The molecule has 4 aromatic rings. The Kier molecular flexibility index (Phi) is 6.15. The van der Waals surface area contributed by atoms with Gasteiger partial charge in [-0.25, -0.2) is 14.2 Å². The first-order valence-corrected chi connectivity index (χ1v) is 12.2. The molecular formula is C26H20FNO3S2. The van der Waals surface area contributed by atoms with Crippen LogP contribution in [-0.2, 0) is 17.6 Å². The minimum Gasteiger partial charge on any atom is -0.482 e. The van der Waals surface area contributed by atoms with Gasteiger partial charge in [0.15, 0.2) is 10.9 Å². The van der Waals surface area contributed by atoms with Crippen molar-refractivity contribution < 1.29 is 19.0 Å². The lowest BCUT2D eigenvalue weighted by Crippen LogP contribution is -2.12. The first-order chi connectivity index (χ1) is 16.1. The van der Waals surface area contributed by atoms with Gasteiger partial charge >= 0.3 is 5.97 Å². The van der Waals surface area contributed by atoms with Crippen LogP contribution in [0.2, 0.25) is 0 Å². The van der Waals surface area contributed by atoms with Gasteiger partial charge in [0.1, 0.15) is 11.6 Å². The molecule has 7 heteroatoms. The Hall–Kier alpha value is -3.16. The largest absolute Gasteiger partial charge is 0.482 e. The van der Waals surface area contributed by atoms with E-state index < -0.39 is 5.97 Å². The summed E-state index contributed by atoms with van der Waals surface area (Å²) in [7, 11) is 0. The number of carbonyl (C=O) groups is 1. The molecule has 1 N–H and O–H groups in total. The SMILES string of the molecule is O=C(O)COc1cccc2c1CCc1sc(SC(c3ccccc3)c3ccccc3F)nc1-2. The van der Waals surface area contributed by atoms with E-state index in [4.69, 9.17) is 14.8 Å². The van der Waals surface area contributed by atoms with Crippen molar-refractivity contribution >= 4 is 29.1 Å². The third-order valence-corrected chi connectivity index (χ3v) is 8.03. The molecule has 3 aromatic carbocycles. The molecule has 5 rings (SSSR count). The van der Waals surface area contributed by atoms with Crippen molar-refractivity contribution in [1.29, 1.82) is 0 Å². The second-order valence-electron chi connectivity index (χ2n) is 7.65. The minimum atomic E-state index is -1.00. The van der Waals surface area contributed by atoms with Gasteiger partial charge in [-0.3, -0.25) is 0 Å². The standard InChI is InChI=1S/C26H20FNO3S2/c27-20-11-5-4-9-19(20)25(16-7-2-1-3-8-16)33-26-28-24-18-10-6-12-21(31-15-23(29)30)17(18)13-14-22(24)32-26/h1-12,25H,13-15H2,(H,29,30). The molecule has 1 unspecified atom stereocenters. The predicted molar refractivity (Wildman–Crippen MR) is 129 cm³/mol. The molecule has 0 saturated heterocycles. The van der Waals surface area contributed by atoms with E-state index in [1.165, 1.54) is 10.9 Å². The summed E-state index contributed by atoms with van der Waals surface area (Å²) < 4.78 is 21.1. The molecular weight excluding hydrogens is 457 g/mol. The molecule has 0 aliphatic heterocycles. The predicted octanol–water partition coefficient (Wildman–Crippen LogP) is 6.39. The molecule has 0 spiro atoms. The van der Waals surface area contributed by atoms with Crippen molar-refractivity contribution in [3.05, 3.63) is 100 Å². The third kappa shape index (κ3) is 4.51. The smallest absolute Gasteiger partial charge is 0.341 e. The third-order valence-electron chi connectivity index (χ3n) is 5.53. The Bertz CT molecular complexity index is 1310. The number of thiazole rings is 1. The van der Waals surface area contributed by atoms with E-state index in [2.05, 4.69) is 0 Å². The van der Waals surface area contributed by atoms with E-state index in [1.807, 2.05) is 54.6 Å². The Balaban J connectivity index is 1.50. The van der Waals surface area contributed by atoms with E-state index in [0.717, 1.165) is 39.6 Å². The number of hydrogen-bond acceptors (Lipinski definition) is 5. The Labute approximate surface area is 199 Å². The van der Waals surface area contributed by atoms with Crippen LogP contribution in [0.5, 0.6) is 5.75 Å². The topological polar surface area (TPSA) is 59.4 Å². The number of aryl methyl sites for hydroxylation is 1. The minimum absolute atomic E-state index is 0.218. The summed E-state index contributed by atoms with van der Waals surface area (Å²) in [6.07, 6.45) is 1.57. The summed E-state index contributed by atoms with van der Waals surface area (Å²) in [4.78, 5) is 17.1. The molecule has 1 atom stereocenters. The van der Waals surface area contributed by atoms with E-state index >= 15 is 0 Å². The highest BCUT2D eigenvalue weighted by molar-refractivity contribution is 8.01. The number of carboxylic acids is 1. The van der Waals surface area contributed by atoms with Gasteiger partial charge in [0.05, 0.1) is 10.9 Å². The van der Waals surface area contributed by atoms with Crippen LogP contribution in [0.4, 0.5) is 4.39 Å². The number of rotatable bonds is 7. The molecule has 0 saturated carbocycles. The number of halogens is 1. The fourth-order valence-corrected chi connectivity index (χ4v) is 6.59. The number of benzene rings is 3. The van der Waals surface area contributed by atoms with Crippen LogP contribution in [0.25, 0.3) is 11.3 Å². The Morgan fingerprint density at radius 3 is 2.64 bits per heavy atom. The van der Waals surface area contributed by atoms with Crippen LogP contribution in [-0.4, -0.2) is 22.7 Å². The number of carboxylic acid groups (broad SMARTS) is 1. The summed E-state index contributed by atoms with van der Waals surface area (Å²) in [6.45, 7) is -0.372. The second kappa shape index (κ2) is 9.37. The zero-order valence-electron chi connectivity index (χ0n) is 17.5. The van der Waals surface area contributed by atoms with Gasteiger partial charge in [0.2, 0.25) is 0 Å². The van der Waals surface area contributed by atoms with E-state index in [9.17, 15) is 9.18 Å². The lowest BCUT2D eigenvalue weighted by molar-refractivity contribution is -0.139. The first-order valence-electron chi connectivity index (χ1n) is 10.5. The van der Waals surface area contributed by atoms with Crippen LogP contribution in [0, 0.1) is 5.82 Å². The van der Waals surface area contributed by atoms with Gasteiger partial charge in [-0.1, -0.05) is 72.4 Å². The van der Waals surface area contributed by atoms with Crippen LogP contribution in [0.3, 0.4) is 0 Å². The van der Waals surface area contributed by atoms with Crippen molar-refractivity contribution in [3.63, 3.8) is 0 Å². The fraction of sp³-hybridized carbons (Fsp3) is 0.154. The van der Waals surface area contributed by atoms with Crippen molar-refractivity contribution in [2.24, 2.45) is 0 Å². The van der Waals surface area contributed by atoms with Crippen molar-refractivity contribution in [1.82, 2.24) is 4.98 Å². The van der Waals surface area contributed by atoms with E-state index in [1.54, 1.807) is 35.2 Å². The number of fused-ring (bicyclic) bond motifs is 3. The number of aromatic nitrogens is 1. The lowest BCUT2D eigenvalue weighted by atomic mass is 9.93. The molecule has 0 radical (unpaired) electrons. The molecule has 1 aliphatic carbocycles. The maximum absolute atomic E-state index is 14.7. The zero-order chi connectivity index (χ0) is 22.8. The molecule has 1 aliphatic rings. The number of nitrogens with zero attached hydrogens (tertiary/aromatic N) is 1. The van der Waals surface area contributed by atoms with Gasteiger partial charge in [-0.05, 0) is 30.5 Å². The van der Waals surface area contributed by atoms with Crippen LogP contribution in [0.1, 0.15) is 26.8 Å². The molecule has 0 bridgehead atoms. The highest BCUT2D eigenvalue weighted by atomic mass is 32.2. The zero-order valence-corrected chi connectivity index (χ0v) is 19.2. The van der Waals surface area contributed by atoms with Gasteiger partial charge < -0.3 is 9.84 Å². The number of ether oxygens (including phenoxy) is 1. The quantitative estimate of drug-likeness (QED) is 0.313. The van der Waals surface area contributed by atoms with Crippen molar-refractivity contribution in [2.75, 3.05) is 6.61 Å². The van der Waals surface area contributed by atoms with Gasteiger partial charge in [-0.15, -0.1) is 11.3 Å². The molecule has 4 nitrogen and oxygen atoms in total. The average molecular weight is 478 g/mol. The van der Waals surface area contributed by atoms with Gasteiger partial charge in [0.25, 0.3) is 0 Å². The molecule has 166 valence electrons. The summed E-state index contributed by atoms with van der Waals surface area (Å²) >= 11 is 3.20. The van der Waals surface area contributed by atoms with E-state index in [0.29, 0.717) is 11.3 Å². The highest BCUT2D eigenvalue weighted by Crippen LogP contribution is 2.47. The number of hydrogen-bond donors (Lipinski definition) is 1. The molecule has 0 fully saturated rings. The summed E-state index contributed by atoms with van der Waals surface area (Å²) in [5.41, 5.74) is 4.52. The normalized spacial score (nSPS) is 13.1. The molecule has 1 heterocycles. The monoisotopic (exact) mass is 477 g/mol. The molecule has 33 heavy (non-hydrogen) atoms.